The molecule has 3 nitrogen and oxygen atoms in total. The molecule has 0 saturated heterocycles. The second-order valence-electron chi connectivity index (χ2n) is 5.27. The highest BCUT2D eigenvalue weighted by Gasteiger charge is 2.44. The fourth-order valence-corrected chi connectivity index (χ4v) is 3.70. The highest BCUT2D eigenvalue weighted by Crippen LogP contribution is 2.48. The zero-order valence-corrected chi connectivity index (χ0v) is 10.9. The maximum atomic E-state index is 12.0. The SMILES string of the molecule is COC1c2ccccc2N(C(C)=O)C2CCCC12. The van der Waals surface area contributed by atoms with Crippen LogP contribution >= 0.6 is 0 Å². The molecule has 1 amide bonds. The van der Waals surface area contributed by atoms with Gasteiger partial charge in [0.25, 0.3) is 0 Å². The Bertz CT molecular complexity index is 471. The Morgan fingerprint density at radius 1 is 1.33 bits per heavy atom. The van der Waals surface area contributed by atoms with Gasteiger partial charge in [-0.05, 0) is 18.9 Å². The van der Waals surface area contributed by atoms with Crippen molar-refractivity contribution in [2.24, 2.45) is 5.92 Å². The average Bonchev–Trinajstić information content (AvgIpc) is 2.83. The Morgan fingerprint density at radius 2 is 2.11 bits per heavy atom. The van der Waals surface area contributed by atoms with Gasteiger partial charge < -0.3 is 9.64 Å². The van der Waals surface area contributed by atoms with Crippen LogP contribution in [0.5, 0.6) is 0 Å². The molecule has 1 aliphatic heterocycles. The average molecular weight is 245 g/mol. The Labute approximate surface area is 108 Å². The van der Waals surface area contributed by atoms with E-state index in [1.54, 1.807) is 14.0 Å². The largest absolute Gasteiger partial charge is 0.376 e. The third-order valence-electron chi connectivity index (χ3n) is 4.35. The molecule has 1 heterocycles. The number of nitrogens with zero attached hydrogens (tertiary/aromatic N) is 1. The van der Waals surface area contributed by atoms with Crippen molar-refractivity contribution in [1.29, 1.82) is 0 Å². The van der Waals surface area contributed by atoms with E-state index in [0.29, 0.717) is 12.0 Å². The van der Waals surface area contributed by atoms with E-state index in [-0.39, 0.29) is 12.0 Å². The van der Waals surface area contributed by atoms with Crippen LogP contribution in [0.15, 0.2) is 24.3 Å². The molecule has 0 spiro atoms. The first kappa shape index (κ1) is 11.7. The summed E-state index contributed by atoms with van der Waals surface area (Å²) < 4.78 is 5.72. The number of benzene rings is 1. The van der Waals surface area contributed by atoms with Gasteiger partial charge in [-0.2, -0.15) is 0 Å². The van der Waals surface area contributed by atoms with Gasteiger partial charge in [0.1, 0.15) is 0 Å². The molecule has 96 valence electrons. The number of anilines is 1. The molecule has 1 fully saturated rings. The van der Waals surface area contributed by atoms with E-state index in [4.69, 9.17) is 4.74 Å². The highest BCUT2D eigenvalue weighted by molar-refractivity contribution is 5.93. The summed E-state index contributed by atoms with van der Waals surface area (Å²) >= 11 is 0. The number of carbonyl (C=O) groups is 1. The van der Waals surface area contributed by atoms with Crippen molar-refractivity contribution in [3.8, 4) is 0 Å². The van der Waals surface area contributed by atoms with E-state index in [0.717, 1.165) is 18.5 Å². The topological polar surface area (TPSA) is 29.5 Å². The van der Waals surface area contributed by atoms with Gasteiger partial charge in [-0.15, -0.1) is 0 Å². The minimum atomic E-state index is 0.143. The normalized spacial score (nSPS) is 29.9. The van der Waals surface area contributed by atoms with Crippen molar-refractivity contribution in [2.75, 3.05) is 12.0 Å². The third-order valence-corrected chi connectivity index (χ3v) is 4.35. The number of hydrogen-bond donors (Lipinski definition) is 0. The summed E-state index contributed by atoms with van der Waals surface area (Å²) in [7, 11) is 1.78. The summed E-state index contributed by atoms with van der Waals surface area (Å²) in [5, 5.41) is 0. The van der Waals surface area contributed by atoms with Gasteiger partial charge in [-0.1, -0.05) is 24.6 Å². The predicted molar refractivity (Wildman–Crippen MR) is 70.5 cm³/mol. The fourth-order valence-electron chi connectivity index (χ4n) is 3.70. The van der Waals surface area contributed by atoms with E-state index in [9.17, 15) is 4.79 Å². The van der Waals surface area contributed by atoms with Crippen molar-refractivity contribution >= 4 is 11.6 Å². The maximum Gasteiger partial charge on any atom is 0.224 e. The molecule has 2 aliphatic rings. The fraction of sp³-hybridized carbons (Fsp3) is 0.533. The quantitative estimate of drug-likeness (QED) is 0.761. The number of ether oxygens (including phenoxy) is 1. The number of hydrogen-bond acceptors (Lipinski definition) is 2. The zero-order chi connectivity index (χ0) is 12.7. The van der Waals surface area contributed by atoms with Gasteiger partial charge in [-0.3, -0.25) is 4.79 Å². The monoisotopic (exact) mass is 245 g/mol. The Hall–Kier alpha value is -1.35. The van der Waals surface area contributed by atoms with Gasteiger partial charge in [-0.25, -0.2) is 0 Å². The molecule has 1 aliphatic carbocycles. The molecule has 3 atom stereocenters. The number of fused-ring (bicyclic) bond motifs is 2. The van der Waals surface area contributed by atoms with Crippen LogP contribution in [-0.2, 0) is 9.53 Å². The molecule has 3 rings (SSSR count). The number of rotatable bonds is 1. The molecule has 18 heavy (non-hydrogen) atoms. The molecule has 0 radical (unpaired) electrons. The highest BCUT2D eigenvalue weighted by atomic mass is 16.5. The van der Waals surface area contributed by atoms with Crippen LogP contribution in [0.1, 0.15) is 37.9 Å². The van der Waals surface area contributed by atoms with Crippen LogP contribution < -0.4 is 4.90 Å². The van der Waals surface area contributed by atoms with E-state index in [2.05, 4.69) is 6.07 Å². The van der Waals surface area contributed by atoms with Crippen molar-refractivity contribution in [2.45, 2.75) is 38.3 Å². The lowest BCUT2D eigenvalue weighted by Gasteiger charge is -2.42. The smallest absolute Gasteiger partial charge is 0.224 e. The number of para-hydroxylation sites is 1. The van der Waals surface area contributed by atoms with Crippen LogP contribution in [0.2, 0.25) is 0 Å². The first-order chi connectivity index (χ1) is 8.74. The first-order valence-electron chi connectivity index (χ1n) is 6.65. The lowest BCUT2D eigenvalue weighted by molar-refractivity contribution is -0.117. The van der Waals surface area contributed by atoms with E-state index in [1.165, 1.54) is 12.0 Å². The van der Waals surface area contributed by atoms with Crippen molar-refractivity contribution in [3.63, 3.8) is 0 Å². The summed E-state index contributed by atoms with van der Waals surface area (Å²) in [4.78, 5) is 14.0. The summed E-state index contributed by atoms with van der Waals surface area (Å²) in [6.07, 6.45) is 3.58. The minimum Gasteiger partial charge on any atom is -0.376 e. The molecule has 0 aromatic heterocycles. The van der Waals surface area contributed by atoms with Crippen LogP contribution in [0.25, 0.3) is 0 Å². The molecular weight excluding hydrogens is 226 g/mol. The van der Waals surface area contributed by atoms with Crippen molar-refractivity contribution < 1.29 is 9.53 Å². The maximum absolute atomic E-state index is 12.0. The summed E-state index contributed by atoms with van der Waals surface area (Å²) in [6.45, 7) is 1.67. The Balaban J connectivity index is 2.14. The predicted octanol–water partition coefficient (Wildman–Crippen LogP) is 2.91. The zero-order valence-electron chi connectivity index (χ0n) is 10.9. The molecule has 0 N–H and O–H groups in total. The number of amides is 1. The third kappa shape index (κ3) is 1.57. The lowest BCUT2D eigenvalue weighted by Crippen LogP contribution is -2.47. The molecule has 3 heteroatoms. The summed E-state index contributed by atoms with van der Waals surface area (Å²) in [5.41, 5.74) is 2.21. The molecule has 1 saturated carbocycles. The first-order valence-corrected chi connectivity index (χ1v) is 6.65. The number of carbonyl (C=O) groups excluding carboxylic acids is 1. The van der Waals surface area contributed by atoms with Crippen molar-refractivity contribution in [3.05, 3.63) is 29.8 Å². The standard InChI is InChI=1S/C15H19NO2/c1-10(17)16-13-8-4-3-6-11(13)15(18-2)12-7-5-9-14(12)16/h3-4,6,8,12,14-15H,5,7,9H2,1-2H3. The van der Waals surface area contributed by atoms with E-state index >= 15 is 0 Å². The molecule has 1 aromatic carbocycles. The molecule has 1 aromatic rings. The summed E-state index contributed by atoms with van der Waals surface area (Å²) in [6, 6.07) is 8.47. The van der Waals surface area contributed by atoms with Crippen LogP contribution in [0.4, 0.5) is 5.69 Å². The second-order valence-corrected chi connectivity index (χ2v) is 5.27. The van der Waals surface area contributed by atoms with E-state index in [1.807, 2.05) is 23.1 Å². The summed E-state index contributed by atoms with van der Waals surface area (Å²) in [5.74, 6) is 0.600. The lowest BCUT2D eigenvalue weighted by atomic mass is 9.84. The molecule has 3 unspecified atom stereocenters. The van der Waals surface area contributed by atoms with Gasteiger partial charge in [0.2, 0.25) is 5.91 Å². The van der Waals surface area contributed by atoms with Crippen molar-refractivity contribution in [1.82, 2.24) is 0 Å². The second kappa shape index (κ2) is 4.39. The van der Waals surface area contributed by atoms with E-state index < -0.39 is 0 Å². The molecule has 0 bridgehead atoms. The molecular formula is C15H19NO2. The van der Waals surface area contributed by atoms with Crippen LogP contribution in [0.3, 0.4) is 0 Å². The van der Waals surface area contributed by atoms with Crippen LogP contribution in [-0.4, -0.2) is 19.1 Å². The Morgan fingerprint density at radius 3 is 2.83 bits per heavy atom. The van der Waals surface area contributed by atoms with Gasteiger partial charge in [0.05, 0.1) is 6.10 Å². The number of methoxy groups -OCH3 is 1. The Kier molecular flexibility index (Phi) is 2.86. The minimum absolute atomic E-state index is 0.143. The van der Waals surface area contributed by atoms with Gasteiger partial charge in [0.15, 0.2) is 0 Å². The van der Waals surface area contributed by atoms with Gasteiger partial charge >= 0.3 is 0 Å². The van der Waals surface area contributed by atoms with Crippen LogP contribution in [0, 0.1) is 5.92 Å². The van der Waals surface area contributed by atoms with Gasteiger partial charge in [0, 0.05) is 37.2 Å².